The number of alkyl halides is 6. The van der Waals surface area contributed by atoms with Gasteiger partial charge in [0, 0.05) is 11.1 Å². The lowest BCUT2D eigenvalue weighted by atomic mass is 10.1. The van der Waals surface area contributed by atoms with Crippen molar-refractivity contribution in [3.05, 3.63) is 76.6 Å². The van der Waals surface area contributed by atoms with Crippen LogP contribution in [0, 0.1) is 6.92 Å². The van der Waals surface area contributed by atoms with Gasteiger partial charge in [0.15, 0.2) is 5.82 Å². The van der Waals surface area contributed by atoms with E-state index in [1.54, 1.807) is 0 Å². The summed E-state index contributed by atoms with van der Waals surface area (Å²) >= 11 is 0. The number of nitrogens with zero attached hydrogens (tertiary/aromatic N) is 5. The quantitative estimate of drug-likeness (QED) is 0.347. The van der Waals surface area contributed by atoms with E-state index in [1.807, 2.05) is 0 Å². The normalized spacial score (nSPS) is 12.7. The summed E-state index contributed by atoms with van der Waals surface area (Å²) in [7, 11) is 0. The largest absolute Gasteiger partial charge is 0.417 e. The van der Waals surface area contributed by atoms with Crippen molar-refractivity contribution in [2.45, 2.75) is 19.3 Å². The van der Waals surface area contributed by atoms with Gasteiger partial charge in [-0.3, -0.25) is 0 Å². The SMILES string of the molecule is Cc1nnc(NN=Cc2ccccc2C(F)(F)F)n1N=Cc1ccccc1C(F)(F)F. The Labute approximate surface area is 171 Å². The molecule has 0 radical (unpaired) electrons. The zero-order valence-electron chi connectivity index (χ0n) is 15.8. The standard InChI is InChI=1S/C19H14F6N6/c1-12-28-30-17(29-26-10-13-6-2-4-8-15(13)18(20,21)22)31(12)27-11-14-7-3-5-9-16(14)19(23,24)25/h2-11H,1H3,(H,29,30). The van der Waals surface area contributed by atoms with Crippen molar-refractivity contribution in [1.29, 1.82) is 0 Å². The molecule has 3 rings (SSSR count). The maximum Gasteiger partial charge on any atom is 0.417 e. The van der Waals surface area contributed by atoms with Crippen molar-refractivity contribution in [1.82, 2.24) is 14.9 Å². The molecule has 0 fully saturated rings. The smallest absolute Gasteiger partial charge is 0.244 e. The first-order valence-corrected chi connectivity index (χ1v) is 8.65. The van der Waals surface area contributed by atoms with Gasteiger partial charge in [-0.1, -0.05) is 36.4 Å². The van der Waals surface area contributed by atoms with E-state index in [-0.39, 0.29) is 22.9 Å². The molecule has 31 heavy (non-hydrogen) atoms. The molecule has 1 aromatic heterocycles. The highest BCUT2D eigenvalue weighted by Gasteiger charge is 2.33. The summed E-state index contributed by atoms with van der Waals surface area (Å²) in [5, 5.41) is 15.1. The maximum absolute atomic E-state index is 13.1. The average Bonchev–Trinajstić information content (AvgIpc) is 3.05. The molecule has 0 unspecified atom stereocenters. The number of hydrogen-bond acceptors (Lipinski definition) is 5. The minimum absolute atomic E-state index is 0.0982. The summed E-state index contributed by atoms with van der Waals surface area (Å²) in [6.07, 6.45) is -7.20. The van der Waals surface area contributed by atoms with Crippen LogP contribution in [0.1, 0.15) is 28.1 Å². The number of anilines is 1. The Bertz CT molecular complexity index is 1110. The zero-order chi connectivity index (χ0) is 22.6. The summed E-state index contributed by atoms with van der Waals surface area (Å²) < 4.78 is 79.5. The van der Waals surface area contributed by atoms with Crippen LogP contribution < -0.4 is 5.43 Å². The van der Waals surface area contributed by atoms with Crippen molar-refractivity contribution >= 4 is 18.4 Å². The summed E-state index contributed by atoms with van der Waals surface area (Å²) in [5.41, 5.74) is 0.278. The maximum atomic E-state index is 13.1. The van der Waals surface area contributed by atoms with Crippen LogP contribution in [0.2, 0.25) is 0 Å². The minimum Gasteiger partial charge on any atom is -0.244 e. The van der Waals surface area contributed by atoms with E-state index in [0.29, 0.717) is 0 Å². The number of hydrogen-bond donors (Lipinski definition) is 1. The number of aryl methyl sites for hydroxylation is 1. The molecule has 0 bridgehead atoms. The lowest BCUT2D eigenvalue weighted by Crippen LogP contribution is -2.09. The topological polar surface area (TPSA) is 67.5 Å². The van der Waals surface area contributed by atoms with Crippen LogP contribution in [0.4, 0.5) is 32.3 Å². The van der Waals surface area contributed by atoms with Crippen LogP contribution >= 0.6 is 0 Å². The molecule has 6 nitrogen and oxygen atoms in total. The molecule has 0 saturated carbocycles. The Kier molecular flexibility index (Phi) is 6.09. The summed E-state index contributed by atoms with van der Waals surface area (Å²) in [5.74, 6) is 0.119. The Morgan fingerprint density at radius 3 is 1.87 bits per heavy atom. The predicted molar refractivity (Wildman–Crippen MR) is 102 cm³/mol. The van der Waals surface area contributed by atoms with E-state index in [4.69, 9.17) is 0 Å². The first-order valence-electron chi connectivity index (χ1n) is 8.65. The van der Waals surface area contributed by atoms with Crippen LogP contribution in [0.3, 0.4) is 0 Å². The number of nitrogens with one attached hydrogen (secondary N) is 1. The molecule has 0 aliphatic heterocycles. The second-order valence-electron chi connectivity index (χ2n) is 6.17. The first kappa shape index (κ1) is 22.0. The van der Waals surface area contributed by atoms with Gasteiger partial charge in [0.2, 0.25) is 0 Å². The first-order chi connectivity index (χ1) is 14.6. The van der Waals surface area contributed by atoms with E-state index < -0.39 is 23.5 Å². The van der Waals surface area contributed by atoms with Crippen molar-refractivity contribution in [2.75, 3.05) is 5.43 Å². The molecular formula is C19H14F6N6. The van der Waals surface area contributed by atoms with Crippen LogP contribution in [-0.4, -0.2) is 27.3 Å². The lowest BCUT2D eigenvalue weighted by Gasteiger charge is -2.09. The molecular weight excluding hydrogens is 426 g/mol. The molecule has 0 amide bonds. The third-order valence-electron chi connectivity index (χ3n) is 4.01. The van der Waals surface area contributed by atoms with Crippen LogP contribution in [0.25, 0.3) is 0 Å². The number of halogens is 6. The minimum atomic E-state index is -4.57. The van der Waals surface area contributed by atoms with Gasteiger partial charge >= 0.3 is 12.4 Å². The summed E-state index contributed by atoms with van der Waals surface area (Å²) in [6, 6.07) is 9.66. The van der Waals surface area contributed by atoms with Crippen molar-refractivity contribution in [2.24, 2.45) is 10.2 Å². The van der Waals surface area contributed by atoms with Crippen molar-refractivity contribution in [3.63, 3.8) is 0 Å². The number of aromatic nitrogens is 3. The highest BCUT2D eigenvalue weighted by Crippen LogP contribution is 2.32. The predicted octanol–water partition coefficient (Wildman–Crippen LogP) is 4.95. The van der Waals surface area contributed by atoms with Gasteiger partial charge in [-0.15, -0.1) is 10.2 Å². The van der Waals surface area contributed by atoms with Gasteiger partial charge in [-0.25, -0.2) is 5.43 Å². The van der Waals surface area contributed by atoms with Crippen molar-refractivity contribution < 1.29 is 26.3 Å². The van der Waals surface area contributed by atoms with Gasteiger partial charge < -0.3 is 0 Å². The highest BCUT2D eigenvalue weighted by atomic mass is 19.4. The van der Waals surface area contributed by atoms with E-state index >= 15 is 0 Å². The third-order valence-corrected chi connectivity index (χ3v) is 4.01. The molecule has 2 aromatic carbocycles. The van der Waals surface area contributed by atoms with E-state index in [2.05, 4.69) is 25.8 Å². The molecule has 3 aromatic rings. The lowest BCUT2D eigenvalue weighted by molar-refractivity contribution is -0.138. The highest BCUT2D eigenvalue weighted by molar-refractivity contribution is 5.83. The van der Waals surface area contributed by atoms with Gasteiger partial charge in [0.05, 0.1) is 23.6 Å². The molecule has 1 heterocycles. The fourth-order valence-electron chi connectivity index (χ4n) is 2.58. The Balaban J connectivity index is 1.84. The van der Waals surface area contributed by atoms with E-state index in [9.17, 15) is 26.3 Å². The molecule has 0 atom stereocenters. The van der Waals surface area contributed by atoms with Gasteiger partial charge in [0.1, 0.15) is 0 Å². The Morgan fingerprint density at radius 1 is 0.806 bits per heavy atom. The van der Waals surface area contributed by atoms with Crippen LogP contribution in [-0.2, 0) is 12.4 Å². The number of hydrazone groups is 1. The third kappa shape index (κ3) is 5.27. The Morgan fingerprint density at radius 2 is 1.32 bits per heavy atom. The summed E-state index contributed by atoms with van der Waals surface area (Å²) in [6.45, 7) is 1.49. The molecule has 1 N–H and O–H groups in total. The molecule has 162 valence electrons. The molecule has 0 saturated heterocycles. The fourth-order valence-corrected chi connectivity index (χ4v) is 2.58. The molecule has 12 heteroatoms. The molecule has 0 spiro atoms. The Hall–Kier alpha value is -3.70. The van der Waals surface area contributed by atoms with Gasteiger partial charge in [0.25, 0.3) is 5.95 Å². The number of benzene rings is 2. The fraction of sp³-hybridized carbons (Fsp3) is 0.158. The average molecular weight is 440 g/mol. The number of rotatable bonds is 5. The molecule has 0 aliphatic rings. The van der Waals surface area contributed by atoms with Gasteiger partial charge in [-0.05, 0) is 19.1 Å². The molecule has 0 aliphatic carbocycles. The van der Waals surface area contributed by atoms with E-state index in [0.717, 1.165) is 29.2 Å². The van der Waals surface area contributed by atoms with E-state index in [1.165, 1.54) is 43.3 Å². The zero-order valence-corrected chi connectivity index (χ0v) is 15.8. The van der Waals surface area contributed by atoms with Crippen molar-refractivity contribution in [3.8, 4) is 0 Å². The van der Waals surface area contributed by atoms with Gasteiger partial charge in [-0.2, -0.15) is 41.2 Å². The van der Waals surface area contributed by atoms with Crippen LogP contribution in [0.5, 0.6) is 0 Å². The summed E-state index contributed by atoms with van der Waals surface area (Å²) in [4.78, 5) is 0. The van der Waals surface area contributed by atoms with Crippen LogP contribution in [0.15, 0.2) is 58.7 Å². The second-order valence-corrected chi connectivity index (χ2v) is 6.17. The monoisotopic (exact) mass is 440 g/mol. The second kappa shape index (κ2) is 8.58.